The molecule has 0 bridgehead atoms. The Hall–Kier alpha value is -2.97. The average molecular weight is 570 g/mol. The molecule has 1 aliphatic heterocycles. The van der Waals surface area contributed by atoms with Crippen LogP contribution in [0, 0.1) is 12.8 Å². The van der Waals surface area contributed by atoms with Crippen molar-refractivity contribution in [3.63, 3.8) is 0 Å². The number of aliphatic hydroxyl groups is 1. The highest BCUT2D eigenvalue weighted by molar-refractivity contribution is 6.14. The maximum atomic E-state index is 13.7. The van der Waals surface area contributed by atoms with Crippen LogP contribution >= 0.6 is 0 Å². The zero-order chi connectivity index (χ0) is 30.2. The lowest BCUT2D eigenvalue weighted by molar-refractivity contribution is -0.138. The topological polar surface area (TPSA) is 106 Å². The van der Waals surface area contributed by atoms with E-state index in [1.54, 1.807) is 19.9 Å². The molecule has 41 heavy (non-hydrogen) atoms. The van der Waals surface area contributed by atoms with Crippen molar-refractivity contribution in [3.8, 4) is 11.1 Å². The molecule has 1 aromatic heterocycles. The van der Waals surface area contributed by atoms with Crippen LogP contribution in [0.4, 0.5) is 4.79 Å². The van der Waals surface area contributed by atoms with Gasteiger partial charge in [-0.15, -0.1) is 0 Å². The van der Waals surface area contributed by atoms with E-state index in [2.05, 4.69) is 0 Å². The fourth-order valence-corrected chi connectivity index (χ4v) is 5.91. The smallest absolute Gasteiger partial charge is 0.417 e. The summed E-state index contributed by atoms with van der Waals surface area (Å²) in [5, 5.41) is 8.91. The number of amides is 2. The van der Waals surface area contributed by atoms with Gasteiger partial charge in [0.05, 0.1) is 6.04 Å². The zero-order valence-corrected chi connectivity index (χ0v) is 25.5. The number of cyclic esters (lactones) is 1. The van der Waals surface area contributed by atoms with Gasteiger partial charge in [-0.2, -0.15) is 0 Å². The molecule has 1 saturated heterocycles. The number of furan rings is 1. The predicted octanol–water partition coefficient (Wildman–Crippen LogP) is 6.89. The standard InChI is InChI=1S/C33H47NO7/c1-22(2)30-33(4,5)41-32(38)34(30)31(37)29(39-6)28(36)27-21-25(24-17-15-16-23(3)20-24)26(40-27)18-13-11-9-7-8-10-12-14-19-35/h15-17,20-22,29-30,35H,7-14,18-19H2,1-6H3/t29-,30-/m1/s1. The molecule has 2 amide bonds. The van der Waals surface area contributed by atoms with E-state index < -0.39 is 35.5 Å². The number of unbranched alkanes of at least 4 members (excludes halogenated alkanes) is 7. The van der Waals surface area contributed by atoms with Crippen LogP contribution in [0.1, 0.15) is 101 Å². The van der Waals surface area contributed by atoms with Crippen LogP contribution in [0.25, 0.3) is 11.1 Å². The van der Waals surface area contributed by atoms with Crippen LogP contribution in [-0.4, -0.2) is 59.3 Å². The van der Waals surface area contributed by atoms with Gasteiger partial charge < -0.3 is 19.0 Å². The second kappa shape index (κ2) is 14.8. The molecular formula is C33H47NO7. The lowest BCUT2D eigenvalue weighted by Gasteiger charge is -2.31. The molecule has 1 aromatic carbocycles. The van der Waals surface area contributed by atoms with Gasteiger partial charge in [-0.3, -0.25) is 9.59 Å². The van der Waals surface area contributed by atoms with E-state index in [9.17, 15) is 14.4 Å². The number of imide groups is 1. The molecule has 0 saturated carbocycles. The van der Waals surface area contributed by atoms with Crippen molar-refractivity contribution in [1.29, 1.82) is 0 Å². The Morgan fingerprint density at radius 2 is 1.66 bits per heavy atom. The SMILES string of the molecule is CO[C@H](C(=O)c1cc(-c2cccc(C)c2)c(CCCCCCCCCCO)o1)C(=O)N1C(=O)OC(C)(C)[C@H]1C(C)C. The number of aliphatic hydroxyl groups excluding tert-OH is 1. The number of Topliss-reactive ketones (excluding diaryl/α,β-unsaturated/α-hetero) is 1. The summed E-state index contributed by atoms with van der Waals surface area (Å²) in [6.45, 7) is 9.60. The van der Waals surface area contributed by atoms with Gasteiger partial charge in [-0.25, -0.2) is 9.69 Å². The third-order valence-corrected chi connectivity index (χ3v) is 7.80. The number of carbonyl (C=O) groups is 3. The second-order valence-electron chi connectivity index (χ2n) is 12.0. The Bertz CT molecular complexity index is 1180. The highest BCUT2D eigenvalue weighted by Gasteiger charge is 2.54. The first kappa shape index (κ1) is 32.5. The third-order valence-electron chi connectivity index (χ3n) is 7.80. The Labute approximate surface area is 244 Å². The summed E-state index contributed by atoms with van der Waals surface area (Å²) in [5.41, 5.74) is 1.96. The molecular weight excluding hydrogens is 522 g/mol. The van der Waals surface area contributed by atoms with Crippen molar-refractivity contribution in [2.75, 3.05) is 13.7 Å². The van der Waals surface area contributed by atoms with Crippen molar-refractivity contribution in [2.45, 2.75) is 110 Å². The Morgan fingerprint density at radius 3 is 2.24 bits per heavy atom. The van der Waals surface area contributed by atoms with E-state index in [0.717, 1.165) is 66.5 Å². The van der Waals surface area contributed by atoms with Crippen molar-refractivity contribution in [1.82, 2.24) is 4.90 Å². The van der Waals surface area contributed by atoms with Gasteiger partial charge in [-0.1, -0.05) is 82.2 Å². The highest BCUT2D eigenvalue weighted by Crippen LogP contribution is 2.36. The van der Waals surface area contributed by atoms with E-state index in [-0.39, 0.29) is 18.3 Å². The highest BCUT2D eigenvalue weighted by atomic mass is 16.6. The number of hydrogen-bond donors (Lipinski definition) is 1. The van der Waals surface area contributed by atoms with Crippen LogP contribution in [-0.2, 0) is 20.7 Å². The first-order chi connectivity index (χ1) is 19.5. The summed E-state index contributed by atoms with van der Waals surface area (Å²) in [6, 6.07) is 9.15. The van der Waals surface area contributed by atoms with Gasteiger partial charge in [0.15, 0.2) is 5.76 Å². The van der Waals surface area contributed by atoms with Crippen molar-refractivity contribution >= 4 is 17.8 Å². The molecule has 1 N–H and O–H groups in total. The average Bonchev–Trinajstić information content (AvgIpc) is 3.45. The molecule has 8 nitrogen and oxygen atoms in total. The number of aryl methyl sites for hydroxylation is 2. The molecule has 2 aromatic rings. The summed E-state index contributed by atoms with van der Waals surface area (Å²) < 4.78 is 17.0. The minimum atomic E-state index is -1.53. The lowest BCUT2D eigenvalue weighted by atomic mass is 9.88. The maximum absolute atomic E-state index is 13.7. The number of carbonyl (C=O) groups excluding carboxylic acids is 3. The van der Waals surface area contributed by atoms with E-state index in [1.807, 2.05) is 45.0 Å². The zero-order valence-electron chi connectivity index (χ0n) is 25.5. The van der Waals surface area contributed by atoms with Gasteiger partial charge in [0.1, 0.15) is 11.4 Å². The summed E-state index contributed by atoms with van der Waals surface area (Å²) in [4.78, 5) is 41.0. The number of nitrogens with zero attached hydrogens (tertiary/aromatic N) is 1. The van der Waals surface area contributed by atoms with Crippen molar-refractivity contribution < 1.29 is 33.4 Å². The summed E-state index contributed by atoms with van der Waals surface area (Å²) in [7, 11) is 1.28. The number of hydrogen-bond acceptors (Lipinski definition) is 7. The number of methoxy groups -OCH3 is 1. The molecule has 8 heteroatoms. The summed E-state index contributed by atoms with van der Waals surface area (Å²) in [5.74, 6) is -0.725. The maximum Gasteiger partial charge on any atom is 0.417 e. The molecule has 0 unspecified atom stereocenters. The van der Waals surface area contributed by atoms with Gasteiger partial charge in [-0.05, 0) is 51.2 Å². The minimum Gasteiger partial charge on any atom is -0.457 e. The van der Waals surface area contributed by atoms with E-state index >= 15 is 0 Å². The van der Waals surface area contributed by atoms with Crippen LogP contribution in [0.2, 0.25) is 0 Å². The summed E-state index contributed by atoms with van der Waals surface area (Å²) in [6.07, 6.45) is 6.83. The van der Waals surface area contributed by atoms with Crippen LogP contribution < -0.4 is 0 Å². The van der Waals surface area contributed by atoms with Crippen LogP contribution in [0.3, 0.4) is 0 Å². The molecule has 2 atom stereocenters. The first-order valence-corrected chi connectivity index (χ1v) is 15.0. The molecule has 226 valence electrons. The molecule has 0 aliphatic carbocycles. The van der Waals surface area contributed by atoms with Crippen molar-refractivity contribution in [2.24, 2.45) is 5.92 Å². The van der Waals surface area contributed by atoms with Gasteiger partial charge in [0, 0.05) is 25.7 Å². The molecule has 3 rings (SSSR count). The number of benzene rings is 1. The fraction of sp³-hybridized carbons (Fsp3) is 0.606. The Balaban J connectivity index is 1.79. The minimum absolute atomic E-state index is 0.0357. The Kier molecular flexibility index (Phi) is 11.7. The van der Waals surface area contributed by atoms with E-state index in [4.69, 9.17) is 19.0 Å². The second-order valence-corrected chi connectivity index (χ2v) is 12.0. The lowest BCUT2D eigenvalue weighted by Crippen LogP contribution is -2.53. The molecule has 2 heterocycles. The molecule has 1 fully saturated rings. The number of rotatable bonds is 16. The largest absolute Gasteiger partial charge is 0.457 e. The molecule has 0 radical (unpaired) electrons. The Morgan fingerprint density at radius 1 is 1.02 bits per heavy atom. The summed E-state index contributed by atoms with van der Waals surface area (Å²) >= 11 is 0. The monoisotopic (exact) mass is 569 g/mol. The predicted molar refractivity (Wildman–Crippen MR) is 158 cm³/mol. The van der Waals surface area contributed by atoms with Gasteiger partial charge >= 0.3 is 6.09 Å². The molecule has 0 spiro atoms. The number of ketones is 1. The van der Waals surface area contributed by atoms with Crippen LogP contribution in [0.5, 0.6) is 0 Å². The van der Waals surface area contributed by atoms with E-state index in [0.29, 0.717) is 12.2 Å². The quantitative estimate of drug-likeness (QED) is 0.133. The van der Waals surface area contributed by atoms with Crippen molar-refractivity contribution in [3.05, 3.63) is 47.4 Å². The van der Waals surface area contributed by atoms with Gasteiger partial charge in [0.25, 0.3) is 5.91 Å². The first-order valence-electron chi connectivity index (χ1n) is 15.0. The van der Waals surface area contributed by atoms with Crippen LogP contribution in [0.15, 0.2) is 34.7 Å². The van der Waals surface area contributed by atoms with Gasteiger partial charge in [0.2, 0.25) is 11.9 Å². The third kappa shape index (κ3) is 8.07. The van der Waals surface area contributed by atoms with E-state index in [1.165, 1.54) is 13.5 Å². The molecule has 1 aliphatic rings. The number of ether oxygens (including phenoxy) is 2. The fourth-order valence-electron chi connectivity index (χ4n) is 5.91. The normalized spacial score (nSPS) is 17.2.